The van der Waals surface area contributed by atoms with Crippen LogP contribution in [0.5, 0.6) is 0 Å². The van der Waals surface area contributed by atoms with Crippen LogP contribution in [0.1, 0.15) is 12.0 Å². The van der Waals surface area contributed by atoms with Crippen molar-refractivity contribution in [2.24, 2.45) is 5.41 Å². The highest BCUT2D eigenvalue weighted by Gasteiger charge is 2.64. The lowest BCUT2D eigenvalue weighted by Crippen LogP contribution is -2.47. The largest absolute Gasteiger partial charge is 0.481 e. The van der Waals surface area contributed by atoms with Crippen molar-refractivity contribution in [2.75, 3.05) is 18.8 Å². The number of carboxylic acid groups (broad SMARTS) is 1. The fourth-order valence-corrected chi connectivity index (χ4v) is 3.22. The Morgan fingerprint density at radius 1 is 1.30 bits per heavy atom. The van der Waals surface area contributed by atoms with Crippen LogP contribution in [0, 0.1) is 12.3 Å². The Labute approximate surface area is 135 Å². The average molecular weight is 347 g/mol. The van der Waals surface area contributed by atoms with Crippen LogP contribution >= 0.6 is 11.8 Å². The van der Waals surface area contributed by atoms with Crippen LogP contribution in [0.4, 0.5) is 13.2 Å². The number of alkyl halides is 3. The third kappa shape index (κ3) is 3.63. The van der Waals surface area contributed by atoms with Crippen molar-refractivity contribution >= 4 is 23.6 Å². The monoisotopic (exact) mass is 347 g/mol. The van der Waals surface area contributed by atoms with Crippen LogP contribution in [0.25, 0.3) is 0 Å². The van der Waals surface area contributed by atoms with Crippen molar-refractivity contribution in [1.29, 1.82) is 0 Å². The van der Waals surface area contributed by atoms with Crippen molar-refractivity contribution in [3.8, 4) is 0 Å². The molecule has 1 aliphatic rings. The second-order valence-electron chi connectivity index (χ2n) is 5.55. The molecule has 4 nitrogen and oxygen atoms in total. The van der Waals surface area contributed by atoms with Crippen LogP contribution in [0.2, 0.25) is 0 Å². The molecule has 1 N–H and O–H groups in total. The zero-order chi connectivity index (χ0) is 17.3. The first-order valence-electron chi connectivity index (χ1n) is 6.93. The van der Waals surface area contributed by atoms with Gasteiger partial charge in [-0.2, -0.15) is 13.2 Å². The number of likely N-dealkylation sites (tertiary alicyclic amines) is 1. The number of benzene rings is 1. The van der Waals surface area contributed by atoms with Gasteiger partial charge in [-0.05, 0) is 25.5 Å². The van der Waals surface area contributed by atoms with Gasteiger partial charge in [0.05, 0.1) is 5.75 Å². The number of carboxylic acids is 1. The molecule has 1 heterocycles. The Hall–Kier alpha value is -1.70. The van der Waals surface area contributed by atoms with E-state index in [-0.39, 0.29) is 12.3 Å². The first-order chi connectivity index (χ1) is 10.7. The molecule has 23 heavy (non-hydrogen) atoms. The molecule has 0 aromatic heterocycles. The summed E-state index contributed by atoms with van der Waals surface area (Å²) in [6.45, 7) is 0.907. The van der Waals surface area contributed by atoms with Gasteiger partial charge < -0.3 is 10.0 Å². The van der Waals surface area contributed by atoms with E-state index >= 15 is 0 Å². The number of aryl methyl sites for hydroxylation is 1. The molecule has 1 aromatic carbocycles. The highest BCUT2D eigenvalue weighted by molar-refractivity contribution is 8.00. The van der Waals surface area contributed by atoms with Gasteiger partial charge in [0.15, 0.2) is 5.41 Å². The van der Waals surface area contributed by atoms with E-state index in [4.69, 9.17) is 5.11 Å². The molecular weight excluding hydrogens is 331 g/mol. The van der Waals surface area contributed by atoms with Gasteiger partial charge in [-0.1, -0.05) is 17.7 Å². The number of hydrogen-bond acceptors (Lipinski definition) is 3. The van der Waals surface area contributed by atoms with Gasteiger partial charge in [-0.15, -0.1) is 11.8 Å². The molecule has 1 aromatic rings. The van der Waals surface area contributed by atoms with Crippen molar-refractivity contribution in [1.82, 2.24) is 4.90 Å². The number of hydrogen-bond donors (Lipinski definition) is 1. The number of rotatable bonds is 4. The summed E-state index contributed by atoms with van der Waals surface area (Å²) in [6.07, 6.45) is -5.48. The molecule has 1 saturated heterocycles. The molecule has 1 atom stereocenters. The summed E-state index contributed by atoms with van der Waals surface area (Å²) in [5.41, 5.74) is -1.78. The number of nitrogens with zero attached hydrogens (tertiary/aromatic N) is 1. The van der Waals surface area contributed by atoms with Crippen molar-refractivity contribution < 1.29 is 27.9 Å². The third-order valence-corrected chi connectivity index (χ3v) is 4.95. The maximum absolute atomic E-state index is 13.1. The highest BCUT2D eigenvalue weighted by atomic mass is 32.2. The highest BCUT2D eigenvalue weighted by Crippen LogP contribution is 2.45. The minimum absolute atomic E-state index is 0.0172. The van der Waals surface area contributed by atoms with E-state index in [2.05, 4.69) is 0 Å². The van der Waals surface area contributed by atoms with E-state index in [0.717, 1.165) is 15.4 Å². The number of carbonyl (C=O) groups excluding carboxylic acids is 1. The predicted molar refractivity (Wildman–Crippen MR) is 79.2 cm³/mol. The summed E-state index contributed by atoms with van der Waals surface area (Å²) >= 11 is 1.22. The SMILES string of the molecule is Cc1ccc(SCC(=O)N2CCC(C(=O)O)(C(F)(F)F)C2)cc1. The molecule has 0 aliphatic carbocycles. The number of halogens is 3. The van der Waals surface area contributed by atoms with Gasteiger partial charge >= 0.3 is 12.1 Å². The zero-order valence-electron chi connectivity index (χ0n) is 12.4. The summed E-state index contributed by atoms with van der Waals surface area (Å²) in [7, 11) is 0. The summed E-state index contributed by atoms with van der Waals surface area (Å²) in [5.74, 6) is -2.43. The molecule has 1 aliphatic heterocycles. The van der Waals surface area contributed by atoms with Gasteiger partial charge in [-0.3, -0.25) is 9.59 Å². The smallest absolute Gasteiger partial charge is 0.406 e. The summed E-state index contributed by atoms with van der Waals surface area (Å²) in [4.78, 5) is 25.0. The minimum Gasteiger partial charge on any atom is -0.481 e. The molecule has 1 fully saturated rings. The molecule has 0 radical (unpaired) electrons. The lowest BCUT2D eigenvalue weighted by atomic mass is 9.86. The molecule has 0 saturated carbocycles. The van der Waals surface area contributed by atoms with E-state index in [9.17, 15) is 22.8 Å². The third-order valence-electron chi connectivity index (χ3n) is 3.96. The standard InChI is InChI=1S/C15H16F3NO3S/c1-10-2-4-11(5-3-10)23-8-12(20)19-7-6-14(9-19,13(21)22)15(16,17)18/h2-5H,6-9H2,1H3,(H,21,22). The van der Waals surface area contributed by atoms with E-state index < -0.39 is 36.4 Å². The molecule has 0 spiro atoms. The second-order valence-corrected chi connectivity index (χ2v) is 6.60. The molecule has 1 unspecified atom stereocenters. The van der Waals surface area contributed by atoms with Gasteiger partial charge in [0.2, 0.25) is 5.91 Å². The fourth-order valence-electron chi connectivity index (χ4n) is 2.42. The van der Waals surface area contributed by atoms with Crippen LogP contribution in [0.15, 0.2) is 29.2 Å². The molecule has 1 amide bonds. The molecule has 8 heteroatoms. The van der Waals surface area contributed by atoms with Crippen LogP contribution in [0.3, 0.4) is 0 Å². The first-order valence-corrected chi connectivity index (χ1v) is 7.92. The number of aliphatic carboxylic acids is 1. The normalized spacial score (nSPS) is 21.5. The van der Waals surface area contributed by atoms with Gasteiger partial charge in [-0.25, -0.2) is 0 Å². The van der Waals surface area contributed by atoms with E-state index in [1.807, 2.05) is 31.2 Å². The van der Waals surface area contributed by atoms with Crippen LogP contribution < -0.4 is 0 Å². The first kappa shape index (κ1) is 17.7. The summed E-state index contributed by atoms with van der Waals surface area (Å²) < 4.78 is 39.2. The fraction of sp³-hybridized carbons (Fsp3) is 0.467. The van der Waals surface area contributed by atoms with Gasteiger partial charge in [0, 0.05) is 18.0 Å². The van der Waals surface area contributed by atoms with Gasteiger partial charge in [0.1, 0.15) is 0 Å². The average Bonchev–Trinajstić information content (AvgIpc) is 2.93. The lowest BCUT2D eigenvalue weighted by molar-refractivity contribution is -0.227. The number of amides is 1. The van der Waals surface area contributed by atoms with E-state index in [0.29, 0.717) is 0 Å². The Balaban J connectivity index is 1.99. The molecular formula is C15H16F3NO3S. The summed E-state index contributed by atoms with van der Waals surface area (Å²) in [5, 5.41) is 8.97. The topological polar surface area (TPSA) is 57.6 Å². The quantitative estimate of drug-likeness (QED) is 0.851. The van der Waals surface area contributed by atoms with Crippen molar-refractivity contribution in [2.45, 2.75) is 24.4 Å². The predicted octanol–water partition coefficient (Wildman–Crippen LogP) is 2.95. The molecule has 0 bridgehead atoms. The number of carbonyl (C=O) groups is 2. The second kappa shape index (κ2) is 6.43. The zero-order valence-corrected chi connectivity index (χ0v) is 13.2. The Kier molecular flexibility index (Phi) is 4.93. The van der Waals surface area contributed by atoms with Crippen LogP contribution in [-0.2, 0) is 9.59 Å². The maximum Gasteiger partial charge on any atom is 0.406 e. The Morgan fingerprint density at radius 2 is 1.91 bits per heavy atom. The van der Waals surface area contributed by atoms with E-state index in [1.54, 1.807) is 0 Å². The van der Waals surface area contributed by atoms with E-state index in [1.165, 1.54) is 11.8 Å². The number of thioether (sulfide) groups is 1. The van der Waals surface area contributed by atoms with Crippen molar-refractivity contribution in [3.05, 3.63) is 29.8 Å². The van der Waals surface area contributed by atoms with Crippen molar-refractivity contribution in [3.63, 3.8) is 0 Å². The summed E-state index contributed by atoms with van der Waals surface area (Å²) in [6, 6.07) is 7.41. The molecule has 2 rings (SSSR count). The lowest BCUT2D eigenvalue weighted by Gasteiger charge is -2.27. The minimum atomic E-state index is -4.88. The molecule has 126 valence electrons. The van der Waals surface area contributed by atoms with Gasteiger partial charge in [0.25, 0.3) is 0 Å². The Bertz CT molecular complexity index is 603. The van der Waals surface area contributed by atoms with Crippen LogP contribution in [-0.4, -0.2) is 46.9 Å². The Morgan fingerprint density at radius 3 is 2.39 bits per heavy atom. The maximum atomic E-state index is 13.1.